The first-order chi connectivity index (χ1) is 12.2. The van der Waals surface area contributed by atoms with Crippen LogP contribution in [0, 0.1) is 12.3 Å². The Morgan fingerprint density at radius 3 is 2.58 bits per heavy atom. The van der Waals surface area contributed by atoms with Gasteiger partial charge in [-0.2, -0.15) is 0 Å². The van der Waals surface area contributed by atoms with Crippen LogP contribution in [0.15, 0.2) is 12.3 Å². The van der Waals surface area contributed by atoms with E-state index in [2.05, 4.69) is 10.3 Å². The number of hydrogen-bond donors (Lipinski definition) is 2. The highest BCUT2D eigenvalue weighted by Crippen LogP contribution is 2.47. The third kappa shape index (κ3) is 3.49. The topological polar surface area (TPSA) is 109 Å². The fraction of sp³-hybridized carbons (Fsp3) is 0.556. The molecule has 2 aliphatic rings. The number of anilines is 2. The lowest BCUT2D eigenvalue weighted by molar-refractivity contribution is -0.149. The molecule has 0 radical (unpaired) electrons. The van der Waals surface area contributed by atoms with Crippen molar-refractivity contribution in [3.05, 3.63) is 17.8 Å². The summed E-state index contributed by atoms with van der Waals surface area (Å²) in [6, 6.07) is 1.56. The van der Waals surface area contributed by atoms with Crippen LogP contribution in [0.5, 0.6) is 0 Å². The average Bonchev–Trinajstić information content (AvgIpc) is 3.35. The minimum atomic E-state index is -0.711. The molecule has 3 rings (SSSR count). The second-order valence-electron chi connectivity index (χ2n) is 7.54. The van der Waals surface area contributed by atoms with Crippen LogP contribution in [0.1, 0.15) is 32.3 Å². The smallest absolute Gasteiger partial charge is 0.313 e. The summed E-state index contributed by atoms with van der Waals surface area (Å²) < 4.78 is 0. The monoisotopic (exact) mass is 359 g/mol. The molecule has 1 aliphatic carbocycles. The molecular formula is C18H25N5O3. The molecule has 1 saturated heterocycles. The molecule has 1 saturated carbocycles. The summed E-state index contributed by atoms with van der Waals surface area (Å²) in [5, 5.41) is 2.56. The molecule has 8 heteroatoms. The van der Waals surface area contributed by atoms with Crippen LogP contribution in [-0.4, -0.2) is 58.2 Å². The van der Waals surface area contributed by atoms with Crippen molar-refractivity contribution in [1.29, 1.82) is 0 Å². The maximum atomic E-state index is 12.5. The first-order valence-corrected chi connectivity index (χ1v) is 8.85. The average molecular weight is 359 g/mol. The van der Waals surface area contributed by atoms with Gasteiger partial charge in [-0.05, 0) is 38.3 Å². The lowest BCUT2D eigenvalue weighted by Gasteiger charge is -2.40. The van der Waals surface area contributed by atoms with E-state index < -0.39 is 11.8 Å². The number of carbonyl (C=O) groups excluding carboxylic acids is 3. The predicted octanol–water partition coefficient (Wildman–Crippen LogP) is 0.770. The van der Waals surface area contributed by atoms with Crippen LogP contribution in [0.3, 0.4) is 0 Å². The summed E-state index contributed by atoms with van der Waals surface area (Å²) in [5.41, 5.74) is 6.58. The highest BCUT2D eigenvalue weighted by atomic mass is 16.2. The zero-order valence-electron chi connectivity index (χ0n) is 15.4. The molecule has 8 nitrogen and oxygen atoms in total. The van der Waals surface area contributed by atoms with Crippen molar-refractivity contribution in [2.24, 2.45) is 5.41 Å². The third-order valence-electron chi connectivity index (χ3n) is 5.26. The van der Waals surface area contributed by atoms with Gasteiger partial charge in [0.25, 0.3) is 0 Å². The van der Waals surface area contributed by atoms with E-state index in [0.29, 0.717) is 31.1 Å². The Morgan fingerprint density at radius 1 is 1.31 bits per heavy atom. The van der Waals surface area contributed by atoms with Gasteiger partial charge in [0.15, 0.2) is 0 Å². The van der Waals surface area contributed by atoms with Gasteiger partial charge in [0.2, 0.25) is 5.91 Å². The van der Waals surface area contributed by atoms with Gasteiger partial charge in [-0.15, -0.1) is 0 Å². The van der Waals surface area contributed by atoms with Gasteiger partial charge < -0.3 is 20.9 Å². The van der Waals surface area contributed by atoms with E-state index in [1.54, 1.807) is 13.0 Å². The fourth-order valence-electron chi connectivity index (χ4n) is 3.17. The van der Waals surface area contributed by atoms with Gasteiger partial charge >= 0.3 is 11.8 Å². The minimum absolute atomic E-state index is 0.106. The Balaban J connectivity index is 1.59. The summed E-state index contributed by atoms with van der Waals surface area (Å²) in [4.78, 5) is 44.5. The number of nitrogens with one attached hydrogen (secondary N) is 1. The molecule has 1 unspecified atom stereocenters. The Hall–Kier alpha value is -2.64. The predicted molar refractivity (Wildman–Crippen MR) is 97.1 cm³/mol. The Labute approximate surface area is 152 Å². The summed E-state index contributed by atoms with van der Waals surface area (Å²) in [5.74, 6) is -0.772. The molecule has 1 atom stereocenters. The summed E-state index contributed by atoms with van der Waals surface area (Å²) in [6.07, 6.45) is 3.27. The van der Waals surface area contributed by atoms with E-state index in [-0.39, 0.29) is 17.4 Å². The van der Waals surface area contributed by atoms with Crippen molar-refractivity contribution in [2.45, 2.75) is 39.7 Å². The van der Waals surface area contributed by atoms with Gasteiger partial charge in [-0.25, -0.2) is 4.98 Å². The normalized spacial score (nSPS) is 21.3. The number of amides is 3. The Bertz CT molecular complexity index is 759. The molecule has 0 spiro atoms. The van der Waals surface area contributed by atoms with Crippen LogP contribution < -0.4 is 11.1 Å². The number of aryl methyl sites for hydroxylation is 1. The quantitative estimate of drug-likeness (QED) is 0.758. The Kier molecular flexibility index (Phi) is 4.60. The Morgan fingerprint density at radius 2 is 2.00 bits per heavy atom. The third-order valence-corrected chi connectivity index (χ3v) is 5.26. The van der Waals surface area contributed by atoms with Crippen LogP contribution in [-0.2, 0) is 14.4 Å². The van der Waals surface area contributed by atoms with Gasteiger partial charge in [-0.3, -0.25) is 14.4 Å². The van der Waals surface area contributed by atoms with Crippen molar-refractivity contribution in [2.75, 3.05) is 30.7 Å². The highest BCUT2D eigenvalue weighted by molar-refractivity contribution is 6.39. The molecule has 3 amide bonds. The van der Waals surface area contributed by atoms with E-state index >= 15 is 0 Å². The largest absolute Gasteiger partial charge is 0.383 e. The molecule has 0 aromatic carbocycles. The van der Waals surface area contributed by atoms with Crippen molar-refractivity contribution in [1.82, 2.24) is 14.8 Å². The molecule has 26 heavy (non-hydrogen) atoms. The number of nitrogen functional groups attached to an aromatic ring is 1. The maximum absolute atomic E-state index is 12.5. The molecule has 2 heterocycles. The zero-order chi connectivity index (χ0) is 19.1. The molecule has 1 aromatic rings. The van der Waals surface area contributed by atoms with E-state index in [4.69, 9.17) is 5.73 Å². The summed E-state index contributed by atoms with van der Waals surface area (Å²) in [6.45, 7) is 6.84. The van der Waals surface area contributed by atoms with Gasteiger partial charge in [0.1, 0.15) is 5.82 Å². The van der Waals surface area contributed by atoms with Gasteiger partial charge in [-0.1, -0.05) is 6.92 Å². The maximum Gasteiger partial charge on any atom is 0.313 e. The van der Waals surface area contributed by atoms with E-state index in [9.17, 15) is 14.4 Å². The van der Waals surface area contributed by atoms with Gasteiger partial charge in [0, 0.05) is 31.1 Å². The molecule has 0 bridgehead atoms. The van der Waals surface area contributed by atoms with Crippen molar-refractivity contribution < 1.29 is 14.4 Å². The summed E-state index contributed by atoms with van der Waals surface area (Å²) in [7, 11) is 0. The van der Waals surface area contributed by atoms with E-state index in [0.717, 1.165) is 18.4 Å². The molecule has 2 fully saturated rings. The number of pyridine rings is 1. The van der Waals surface area contributed by atoms with Crippen molar-refractivity contribution in [3.8, 4) is 0 Å². The second kappa shape index (κ2) is 6.59. The first kappa shape index (κ1) is 18.2. The SMILES string of the molecule is Cc1cc(NC(=O)C(=O)N2CCN(C(=O)C3(C)CC3)C(C)C2)cnc1N. The first-order valence-electron chi connectivity index (χ1n) is 8.85. The lowest BCUT2D eigenvalue weighted by Crippen LogP contribution is -2.58. The number of aromatic nitrogens is 1. The highest BCUT2D eigenvalue weighted by Gasteiger charge is 2.48. The number of nitrogens with two attached hydrogens (primary N) is 1. The molecule has 140 valence electrons. The minimum Gasteiger partial charge on any atom is -0.383 e. The zero-order valence-corrected chi connectivity index (χ0v) is 15.4. The fourth-order valence-corrected chi connectivity index (χ4v) is 3.17. The second-order valence-corrected chi connectivity index (χ2v) is 7.54. The van der Waals surface area contributed by atoms with Crippen LogP contribution in [0.2, 0.25) is 0 Å². The number of rotatable bonds is 2. The van der Waals surface area contributed by atoms with Crippen LogP contribution in [0.25, 0.3) is 0 Å². The number of hydrogen-bond acceptors (Lipinski definition) is 5. The molecule has 3 N–H and O–H groups in total. The number of piperazine rings is 1. The standard InChI is InChI=1S/C18H25N5O3/c1-11-8-13(9-20-14(11)19)21-15(24)16(25)22-6-7-23(12(2)10-22)17(26)18(3)4-5-18/h8-9,12H,4-7,10H2,1-3H3,(H2,19,20)(H,21,24). The summed E-state index contributed by atoms with van der Waals surface area (Å²) >= 11 is 0. The lowest BCUT2D eigenvalue weighted by atomic mass is 10.1. The van der Waals surface area contributed by atoms with Crippen molar-refractivity contribution >= 4 is 29.2 Å². The van der Waals surface area contributed by atoms with Crippen LogP contribution >= 0.6 is 0 Å². The van der Waals surface area contributed by atoms with Gasteiger partial charge in [0.05, 0.1) is 11.9 Å². The molecule has 1 aromatic heterocycles. The molecule has 1 aliphatic heterocycles. The van der Waals surface area contributed by atoms with E-state index in [1.807, 2.05) is 18.7 Å². The van der Waals surface area contributed by atoms with Crippen LogP contribution in [0.4, 0.5) is 11.5 Å². The van der Waals surface area contributed by atoms with E-state index in [1.165, 1.54) is 11.1 Å². The number of carbonyl (C=O) groups is 3. The number of nitrogens with zero attached hydrogens (tertiary/aromatic N) is 3. The van der Waals surface area contributed by atoms with Crippen molar-refractivity contribution in [3.63, 3.8) is 0 Å². The molecular weight excluding hydrogens is 334 g/mol.